The number of sulfonamides is 1. The van der Waals surface area contributed by atoms with Crippen molar-refractivity contribution in [1.29, 1.82) is 0 Å². The van der Waals surface area contributed by atoms with Gasteiger partial charge >= 0.3 is 0 Å². The number of anilines is 1. The van der Waals surface area contributed by atoms with Crippen molar-refractivity contribution in [2.45, 2.75) is 45.7 Å². The molecule has 0 bridgehead atoms. The van der Waals surface area contributed by atoms with Crippen molar-refractivity contribution in [2.75, 3.05) is 30.8 Å². The first-order chi connectivity index (χ1) is 16.2. The van der Waals surface area contributed by atoms with Gasteiger partial charge < -0.3 is 15.0 Å². The highest BCUT2D eigenvalue weighted by atomic mass is 32.2. The third-order valence-corrected chi connectivity index (χ3v) is 6.57. The summed E-state index contributed by atoms with van der Waals surface area (Å²) in [4.78, 5) is 28.1. The quantitative estimate of drug-likeness (QED) is 0.436. The second-order valence-corrected chi connectivity index (χ2v) is 9.92. The second-order valence-electron chi connectivity index (χ2n) is 8.02. The van der Waals surface area contributed by atoms with Crippen molar-refractivity contribution in [1.82, 2.24) is 10.2 Å². The SMILES string of the molecule is CCCCNC(=O)C(CC)N(Cc1ccccc1)C(=O)CN(c1ccccc1OC)S(C)(=O)=O. The van der Waals surface area contributed by atoms with Crippen molar-refractivity contribution in [3.63, 3.8) is 0 Å². The Morgan fingerprint density at radius 3 is 2.26 bits per heavy atom. The summed E-state index contributed by atoms with van der Waals surface area (Å²) in [5.74, 6) is -0.388. The van der Waals surface area contributed by atoms with Crippen LogP contribution in [0.25, 0.3) is 0 Å². The van der Waals surface area contributed by atoms with E-state index < -0.39 is 28.5 Å². The maximum absolute atomic E-state index is 13.6. The molecule has 8 nitrogen and oxygen atoms in total. The Morgan fingerprint density at radius 2 is 1.68 bits per heavy atom. The zero-order valence-electron chi connectivity index (χ0n) is 20.4. The first-order valence-electron chi connectivity index (χ1n) is 11.4. The maximum Gasteiger partial charge on any atom is 0.244 e. The molecule has 1 N–H and O–H groups in total. The lowest BCUT2D eigenvalue weighted by Gasteiger charge is -2.33. The van der Waals surface area contributed by atoms with Gasteiger partial charge in [0.05, 0.1) is 19.1 Å². The lowest BCUT2D eigenvalue weighted by Crippen LogP contribution is -2.52. The minimum atomic E-state index is -3.82. The van der Waals surface area contributed by atoms with Crippen LogP contribution >= 0.6 is 0 Å². The van der Waals surface area contributed by atoms with E-state index in [2.05, 4.69) is 5.32 Å². The Kier molecular flexibility index (Phi) is 10.4. The standard InChI is InChI=1S/C25H35N3O5S/c1-5-7-17-26-25(30)21(6-2)27(18-20-13-9-8-10-14-20)24(29)19-28(34(4,31)32)22-15-11-12-16-23(22)33-3/h8-16,21H,5-7,17-19H2,1-4H3,(H,26,30). The molecule has 2 aromatic carbocycles. The van der Waals surface area contributed by atoms with Crippen molar-refractivity contribution in [3.05, 3.63) is 60.2 Å². The first-order valence-corrected chi connectivity index (χ1v) is 13.3. The number of unbranched alkanes of at least 4 members (excludes halogenated alkanes) is 1. The van der Waals surface area contributed by atoms with Gasteiger partial charge in [-0.1, -0.05) is 62.7 Å². The fourth-order valence-corrected chi connectivity index (χ4v) is 4.49. The Balaban J connectivity index is 2.41. The number of amides is 2. The lowest BCUT2D eigenvalue weighted by molar-refractivity contribution is -0.140. The fourth-order valence-electron chi connectivity index (χ4n) is 3.64. The highest BCUT2D eigenvalue weighted by Gasteiger charge is 2.32. The van der Waals surface area contributed by atoms with Gasteiger partial charge in [0.25, 0.3) is 0 Å². The molecule has 0 heterocycles. The Labute approximate surface area is 202 Å². The van der Waals surface area contributed by atoms with Crippen LogP contribution in [0.1, 0.15) is 38.7 Å². The number of ether oxygens (including phenoxy) is 1. The summed E-state index contributed by atoms with van der Waals surface area (Å²) in [6.45, 7) is 4.12. The molecule has 1 atom stereocenters. The highest BCUT2D eigenvalue weighted by molar-refractivity contribution is 7.92. The highest BCUT2D eigenvalue weighted by Crippen LogP contribution is 2.29. The number of hydrogen-bond acceptors (Lipinski definition) is 5. The average Bonchev–Trinajstić information content (AvgIpc) is 2.82. The Bertz CT molecular complexity index is 1040. The van der Waals surface area contributed by atoms with Gasteiger partial charge in [0.1, 0.15) is 18.3 Å². The number of nitrogens with one attached hydrogen (secondary N) is 1. The van der Waals surface area contributed by atoms with Gasteiger partial charge in [-0.25, -0.2) is 8.42 Å². The molecule has 0 saturated heterocycles. The van der Waals surface area contributed by atoms with E-state index in [0.717, 1.165) is 29.0 Å². The first kappa shape index (κ1) is 27.2. The fraction of sp³-hybridized carbons (Fsp3) is 0.440. The largest absolute Gasteiger partial charge is 0.495 e. The van der Waals surface area contributed by atoms with E-state index in [-0.39, 0.29) is 18.1 Å². The minimum Gasteiger partial charge on any atom is -0.495 e. The predicted octanol–water partition coefficient (Wildman–Crippen LogP) is 3.18. The molecule has 0 aromatic heterocycles. The number of carbonyl (C=O) groups is 2. The van der Waals surface area contributed by atoms with Crippen molar-refractivity contribution in [3.8, 4) is 5.75 Å². The lowest BCUT2D eigenvalue weighted by atomic mass is 10.1. The van der Waals surface area contributed by atoms with E-state index in [9.17, 15) is 18.0 Å². The molecule has 34 heavy (non-hydrogen) atoms. The van der Waals surface area contributed by atoms with Gasteiger partial charge in [0.2, 0.25) is 21.8 Å². The molecule has 0 saturated carbocycles. The number of methoxy groups -OCH3 is 1. The van der Waals surface area contributed by atoms with Gasteiger partial charge in [-0.2, -0.15) is 0 Å². The van der Waals surface area contributed by atoms with Gasteiger partial charge in [0.15, 0.2) is 0 Å². The molecule has 0 fully saturated rings. The molecule has 0 aliphatic carbocycles. The van der Waals surface area contributed by atoms with Crippen LogP contribution in [-0.4, -0.2) is 57.6 Å². The van der Waals surface area contributed by atoms with E-state index in [1.54, 1.807) is 24.3 Å². The summed E-state index contributed by atoms with van der Waals surface area (Å²) < 4.78 is 31.7. The van der Waals surface area contributed by atoms with Crippen LogP contribution in [0.15, 0.2) is 54.6 Å². The number of carbonyl (C=O) groups excluding carboxylic acids is 2. The monoisotopic (exact) mass is 489 g/mol. The van der Waals surface area contributed by atoms with Crippen molar-refractivity contribution < 1.29 is 22.7 Å². The van der Waals surface area contributed by atoms with Crippen LogP contribution in [0.4, 0.5) is 5.69 Å². The molecule has 2 aromatic rings. The van der Waals surface area contributed by atoms with Crippen molar-refractivity contribution >= 4 is 27.5 Å². The van der Waals surface area contributed by atoms with Crippen LogP contribution < -0.4 is 14.4 Å². The Hall–Kier alpha value is -3.07. The summed E-state index contributed by atoms with van der Waals surface area (Å²) in [5, 5.41) is 2.90. The van der Waals surface area contributed by atoms with Gasteiger partial charge in [-0.05, 0) is 30.5 Å². The third-order valence-electron chi connectivity index (χ3n) is 5.44. The number of rotatable bonds is 13. The number of hydrogen-bond donors (Lipinski definition) is 1. The van der Waals surface area contributed by atoms with E-state index in [0.29, 0.717) is 18.7 Å². The molecule has 0 radical (unpaired) electrons. The molecule has 2 amide bonds. The molecule has 0 aliphatic heterocycles. The minimum absolute atomic E-state index is 0.183. The molecule has 2 rings (SSSR count). The van der Waals surface area contributed by atoms with E-state index in [4.69, 9.17) is 4.74 Å². The summed E-state index contributed by atoms with van der Waals surface area (Å²) in [6, 6.07) is 15.2. The molecule has 1 unspecified atom stereocenters. The average molecular weight is 490 g/mol. The molecular weight excluding hydrogens is 454 g/mol. The summed E-state index contributed by atoms with van der Waals surface area (Å²) in [7, 11) is -2.38. The van der Waals surface area contributed by atoms with Crippen LogP contribution in [0.3, 0.4) is 0 Å². The second kappa shape index (κ2) is 13.0. The van der Waals surface area contributed by atoms with Crippen LogP contribution in [-0.2, 0) is 26.2 Å². The Morgan fingerprint density at radius 1 is 1.03 bits per heavy atom. The van der Waals surface area contributed by atoms with Crippen molar-refractivity contribution in [2.24, 2.45) is 0 Å². The normalized spacial score (nSPS) is 12.0. The number of nitrogens with zero attached hydrogens (tertiary/aromatic N) is 2. The van der Waals surface area contributed by atoms with Gasteiger partial charge in [-0.15, -0.1) is 0 Å². The number of para-hydroxylation sites is 2. The van der Waals surface area contributed by atoms with E-state index in [1.165, 1.54) is 12.0 Å². The smallest absolute Gasteiger partial charge is 0.244 e. The van der Waals surface area contributed by atoms with E-state index >= 15 is 0 Å². The molecule has 0 aliphatic rings. The maximum atomic E-state index is 13.6. The summed E-state index contributed by atoms with van der Waals surface area (Å²) in [5.41, 5.74) is 1.11. The molecular formula is C25H35N3O5S. The summed E-state index contributed by atoms with van der Waals surface area (Å²) in [6.07, 6.45) is 3.21. The molecule has 9 heteroatoms. The summed E-state index contributed by atoms with van der Waals surface area (Å²) >= 11 is 0. The van der Waals surface area contributed by atoms with Crippen LogP contribution in [0.5, 0.6) is 5.75 Å². The topological polar surface area (TPSA) is 96.0 Å². The molecule has 186 valence electrons. The molecule has 0 spiro atoms. The predicted molar refractivity (Wildman–Crippen MR) is 134 cm³/mol. The van der Waals surface area contributed by atoms with Gasteiger partial charge in [0, 0.05) is 13.1 Å². The zero-order chi connectivity index (χ0) is 25.1. The van der Waals surface area contributed by atoms with E-state index in [1.807, 2.05) is 44.2 Å². The zero-order valence-corrected chi connectivity index (χ0v) is 21.2. The number of benzene rings is 2. The van der Waals surface area contributed by atoms with Crippen LogP contribution in [0, 0.1) is 0 Å². The van der Waals surface area contributed by atoms with Crippen LogP contribution in [0.2, 0.25) is 0 Å². The van der Waals surface area contributed by atoms with Gasteiger partial charge in [-0.3, -0.25) is 13.9 Å². The third kappa shape index (κ3) is 7.48.